The van der Waals surface area contributed by atoms with E-state index < -0.39 is 16.6 Å². The number of hydrogen-bond acceptors (Lipinski definition) is 5. The van der Waals surface area contributed by atoms with E-state index in [0.717, 1.165) is 22.3 Å². The van der Waals surface area contributed by atoms with Crippen LogP contribution in [-0.2, 0) is 6.61 Å². The zero-order valence-electron chi connectivity index (χ0n) is 10.5. The zero-order valence-corrected chi connectivity index (χ0v) is 12.1. The molecule has 0 saturated heterocycles. The van der Waals surface area contributed by atoms with Crippen molar-refractivity contribution in [3.8, 4) is 5.88 Å². The van der Waals surface area contributed by atoms with E-state index in [9.17, 15) is 14.9 Å². The summed E-state index contributed by atoms with van der Waals surface area (Å²) in [6.07, 6.45) is 0.960. The van der Waals surface area contributed by atoms with E-state index in [1.807, 2.05) is 18.2 Å². The molecule has 1 aromatic carbocycles. The molecule has 0 aliphatic heterocycles. The van der Waals surface area contributed by atoms with Crippen molar-refractivity contribution in [3.05, 3.63) is 62.2 Å². The Balaban J connectivity index is 2.26. The van der Waals surface area contributed by atoms with Crippen molar-refractivity contribution < 1.29 is 19.6 Å². The van der Waals surface area contributed by atoms with Crippen LogP contribution < -0.4 is 4.74 Å². The van der Waals surface area contributed by atoms with Gasteiger partial charge in [-0.25, -0.2) is 9.78 Å². The Morgan fingerprint density at radius 2 is 2.14 bits per heavy atom. The number of halogens is 1. The van der Waals surface area contributed by atoms with Gasteiger partial charge in [0.1, 0.15) is 18.4 Å². The van der Waals surface area contributed by atoms with Crippen LogP contribution in [0.1, 0.15) is 15.9 Å². The van der Waals surface area contributed by atoms with Crippen molar-refractivity contribution in [1.29, 1.82) is 0 Å². The molecule has 1 N–H and O–H groups in total. The van der Waals surface area contributed by atoms with Crippen molar-refractivity contribution in [2.75, 3.05) is 0 Å². The summed E-state index contributed by atoms with van der Waals surface area (Å²) in [6, 6.07) is 8.19. The predicted octanol–water partition coefficient (Wildman–Crippen LogP) is 3.03. The number of carboxylic acid groups (broad SMARTS) is 1. The molecule has 0 saturated carbocycles. The second-order valence-corrected chi connectivity index (χ2v) is 4.84. The number of carboxylic acids is 1. The number of nitrogens with zero attached hydrogens (tertiary/aromatic N) is 2. The summed E-state index contributed by atoms with van der Waals surface area (Å²) in [6.45, 7) is 0.0898. The summed E-state index contributed by atoms with van der Waals surface area (Å²) in [5, 5.41) is 19.7. The first-order valence-corrected chi connectivity index (χ1v) is 6.52. The molecule has 0 fully saturated rings. The van der Waals surface area contributed by atoms with Gasteiger partial charge in [0.25, 0.3) is 5.69 Å². The normalized spacial score (nSPS) is 10.1. The van der Waals surface area contributed by atoms with E-state index in [-0.39, 0.29) is 18.1 Å². The molecule has 108 valence electrons. The Labute approximate surface area is 127 Å². The third kappa shape index (κ3) is 3.54. The smallest absolute Gasteiger partial charge is 0.341 e. The number of rotatable bonds is 5. The molecule has 0 unspecified atom stereocenters. The van der Waals surface area contributed by atoms with Gasteiger partial charge < -0.3 is 9.84 Å². The molecule has 0 spiro atoms. The molecule has 0 aliphatic rings. The van der Waals surface area contributed by atoms with Crippen molar-refractivity contribution in [2.45, 2.75) is 6.61 Å². The fraction of sp³-hybridized carbons (Fsp3) is 0.0769. The number of aromatic nitrogens is 1. The van der Waals surface area contributed by atoms with Crippen LogP contribution in [0, 0.1) is 10.1 Å². The topological polar surface area (TPSA) is 103 Å². The highest BCUT2D eigenvalue weighted by Crippen LogP contribution is 2.23. The minimum Gasteiger partial charge on any atom is -0.477 e. The van der Waals surface area contributed by atoms with Gasteiger partial charge in [0.15, 0.2) is 0 Å². The molecule has 1 heterocycles. The van der Waals surface area contributed by atoms with Gasteiger partial charge in [-0.05, 0) is 6.07 Å². The fourth-order valence-corrected chi connectivity index (χ4v) is 1.97. The van der Waals surface area contributed by atoms with Gasteiger partial charge in [-0.3, -0.25) is 10.1 Å². The molecule has 0 amide bonds. The number of pyridine rings is 1. The minimum absolute atomic E-state index is 0.0898. The first-order valence-electron chi connectivity index (χ1n) is 5.73. The van der Waals surface area contributed by atoms with Crippen LogP contribution in [0.4, 0.5) is 5.69 Å². The van der Waals surface area contributed by atoms with Crippen LogP contribution in [0.2, 0.25) is 0 Å². The average molecular weight is 353 g/mol. The Kier molecular flexibility index (Phi) is 4.49. The monoisotopic (exact) mass is 352 g/mol. The highest BCUT2D eigenvalue weighted by Gasteiger charge is 2.19. The highest BCUT2D eigenvalue weighted by molar-refractivity contribution is 9.10. The van der Waals surface area contributed by atoms with E-state index in [0.29, 0.717) is 0 Å². The van der Waals surface area contributed by atoms with Gasteiger partial charge in [0, 0.05) is 16.1 Å². The molecular weight excluding hydrogens is 344 g/mol. The lowest BCUT2D eigenvalue weighted by atomic mass is 10.2. The number of nitro groups is 1. The van der Waals surface area contributed by atoms with Crippen LogP contribution in [0.3, 0.4) is 0 Å². The Morgan fingerprint density at radius 1 is 1.43 bits per heavy atom. The molecule has 2 aromatic rings. The van der Waals surface area contributed by atoms with Gasteiger partial charge in [-0.15, -0.1) is 0 Å². The molecule has 0 atom stereocenters. The van der Waals surface area contributed by atoms with Crippen molar-refractivity contribution >= 4 is 27.6 Å². The lowest BCUT2D eigenvalue weighted by Crippen LogP contribution is -2.06. The van der Waals surface area contributed by atoms with Crippen molar-refractivity contribution in [1.82, 2.24) is 4.98 Å². The summed E-state index contributed by atoms with van der Waals surface area (Å²) in [5.74, 6) is -1.50. The molecule has 1 aromatic heterocycles. The summed E-state index contributed by atoms with van der Waals surface area (Å²) >= 11 is 3.34. The molecule has 21 heavy (non-hydrogen) atoms. The van der Waals surface area contributed by atoms with Gasteiger partial charge in [0.05, 0.1) is 4.92 Å². The first kappa shape index (κ1) is 14.9. The number of hydrogen-bond donors (Lipinski definition) is 1. The highest BCUT2D eigenvalue weighted by atomic mass is 79.9. The summed E-state index contributed by atoms with van der Waals surface area (Å²) < 4.78 is 6.16. The summed E-state index contributed by atoms with van der Waals surface area (Å²) in [4.78, 5) is 24.8. The number of aromatic carboxylic acids is 1. The van der Waals surface area contributed by atoms with Crippen LogP contribution in [0.15, 0.2) is 41.0 Å². The average Bonchev–Trinajstić information content (AvgIpc) is 2.46. The molecule has 0 aliphatic carbocycles. The molecule has 8 heteroatoms. The van der Waals surface area contributed by atoms with Crippen LogP contribution in [0.25, 0.3) is 0 Å². The molecule has 7 nitrogen and oxygen atoms in total. The minimum atomic E-state index is -1.34. The SMILES string of the molecule is O=C(O)c1cc([N+](=O)[O-])cnc1OCc1ccccc1Br. The van der Waals surface area contributed by atoms with Gasteiger partial charge >= 0.3 is 5.97 Å². The van der Waals surface area contributed by atoms with Gasteiger partial charge in [-0.2, -0.15) is 0 Å². The third-order valence-electron chi connectivity index (χ3n) is 2.60. The van der Waals surface area contributed by atoms with E-state index in [4.69, 9.17) is 9.84 Å². The largest absolute Gasteiger partial charge is 0.477 e. The Hall–Kier alpha value is -2.48. The van der Waals surface area contributed by atoms with Gasteiger partial charge in [-0.1, -0.05) is 34.1 Å². The summed E-state index contributed by atoms with van der Waals surface area (Å²) in [5.41, 5.74) is 0.0471. The quantitative estimate of drug-likeness (QED) is 0.655. The number of benzene rings is 1. The van der Waals surface area contributed by atoms with Crippen LogP contribution in [0.5, 0.6) is 5.88 Å². The van der Waals surface area contributed by atoms with Crippen molar-refractivity contribution in [2.24, 2.45) is 0 Å². The van der Waals surface area contributed by atoms with Gasteiger partial charge in [0.2, 0.25) is 5.88 Å². The molecule has 0 radical (unpaired) electrons. The molecule has 0 bridgehead atoms. The third-order valence-corrected chi connectivity index (χ3v) is 3.37. The first-order chi connectivity index (χ1) is 9.99. The maximum Gasteiger partial charge on any atom is 0.341 e. The Morgan fingerprint density at radius 3 is 2.76 bits per heavy atom. The maximum absolute atomic E-state index is 11.1. The van der Waals surface area contributed by atoms with Crippen LogP contribution in [-0.4, -0.2) is 21.0 Å². The number of ether oxygens (including phenoxy) is 1. The Bertz CT molecular complexity index is 705. The van der Waals surface area contributed by atoms with E-state index in [1.54, 1.807) is 6.07 Å². The van der Waals surface area contributed by atoms with Crippen LogP contribution >= 0.6 is 15.9 Å². The van der Waals surface area contributed by atoms with E-state index >= 15 is 0 Å². The zero-order chi connectivity index (χ0) is 15.4. The molecular formula is C13H9BrN2O5. The fourth-order valence-electron chi connectivity index (χ4n) is 1.57. The predicted molar refractivity (Wildman–Crippen MR) is 76.3 cm³/mol. The standard InChI is InChI=1S/C13H9BrN2O5/c14-11-4-2-1-3-8(11)7-21-12-10(13(17)18)5-9(6-15-12)16(19)20/h1-6H,7H2,(H,17,18). The second-order valence-electron chi connectivity index (χ2n) is 3.99. The summed E-state index contributed by atoms with van der Waals surface area (Å²) in [7, 11) is 0. The van der Waals surface area contributed by atoms with Crippen molar-refractivity contribution in [3.63, 3.8) is 0 Å². The molecule has 2 rings (SSSR count). The lowest BCUT2D eigenvalue weighted by Gasteiger charge is -2.09. The van der Waals surface area contributed by atoms with E-state index in [1.165, 1.54) is 0 Å². The second kappa shape index (κ2) is 6.31. The lowest BCUT2D eigenvalue weighted by molar-refractivity contribution is -0.385. The number of carbonyl (C=O) groups is 1. The maximum atomic E-state index is 11.1. The van der Waals surface area contributed by atoms with E-state index in [2.05, 4.69) is 20.9 Å².